The molecular formula is C19H34N4O2. The summed E-state index contributed by atoms with van der Waals surface area (Å²) >= 11 is 0. The van der Waals surface area contributed by atoms with Crippen LogP contribution in [0.5, 0.6) is 0 Å². The van der Waals surface area contributed by atoms with Gasteiger partial charge in [0.2, 0.25) is 5.91 Å². The van der Waals surface area contributed by atoms with Crippen molar-refractivity contribution in [1.29, 1.82) is 0 Å². The van der Waals surface area contributed by atoms with Crippen molar-refractivity contribution in [2.75, 3.05) is 26.2 Å². The Morgan fingerprint density at radius 3 is 2.76 bits per heavy atom. The van der Waals surface area contributed by atoms with Crippen molar-refractivity contribution in [3.05, 3.63) is 0 Å². The number of likely N-dealkylation sites (tertiary alicyclic amines) is 1. The van der Waals surface area contributed by atoms with E-state index < -0.39 is 0 Å². The third-order valence-corrected chi connectivity index (χ3v) is 6.36. The van der Waals surface area contributed by atoms with Crippen molar-refractivity contribution in [1.82, 2.24) is 10.2 Å². The summed E-state index contributed by atoms with van der Waals surface area (Å²) in [7, 11) is 0. The number of nitrogens with one attached hydrogen (secondary N) is 1. The molecule has 1 spiro atoms. The fraction of sp³-hybridized carbons (Fsp3) is 0.895. The van der Waals surface area contributed by atoms with Gasteiger partial charge in [-0.25, -0.2) is 0 Å². The average Bonchev–Trinajstić information content (AvgIpc) is 2.51. The van der Waals surface area contributed by atoms with Crippen LogP contribution in [0.1, 0.15) is 58.8 Å². The number of ether oxygens (including phenoxy) is 1. The molecule has 3 fully saturated rings. The molecule has 1 heterocycles. The number of hydrogen-bond acceptors (Lipinski definition) is 3. The fourth-order valence-corrected chi connectivity index (χ4v) is 4.89. The van der Waals surface area contributed by atoms with E-state index in [9.17, 15) is 4.79 Å². The van der Waals surface area contributed by atoms with Gasteiger partial charge in [0.25, 0.3) is 0 Å². The molecule has 3 atom stereocenters. The van der Waals surface area contributed by atoms with E-state index in [0.717, 1.165) is 51.5 Å². The van der Waals surface area contributed by atoms with E-state index >= 15 is 0 Å². The van der Waals surface area contributed by atoms with Gasteiger partial charge in [-0.05, 0) is 51.9 Å². The lowest BCUT2D eigenvalue weighted by molar-refractivity contribution is -0.169. The first-order valence-electron chi connectivity index (χ1n) is 10.0. The molecule has 0 aromatic heterocycles. The molecule has 0 aromatic carbocycles. The number of guanidine groups is 1. The minimum absolute atomic E-state index is 0.194. The van der Waals surface area contributed by atoms with Crippen molar-refractivity contribution in [3.63, 3.8) is 0 Å². The first kappa shape index (κ1) is 18.5. The van der Waals surface area contributed by atoms with Crippen LogP contribution in [0.4, 0.5) is 0 Å². The lowest BCUT2D eigenvalue weighted by Crippen LogP contribution is -2.69. The number of primary amides is 1. The van der Waals surface area contributed by atoms with Crippen molar-refractivity contribution < 1.29 is 9.53 Å². The van der Waals surface area contributed by atoms with Gasteiger partial charge in [-0.3, -0.25) is 9.79 Å². The number of hydrogen-bond donors (Lipinski definition) is 2. The van der Waals surface area contributed by atoms with E-state index in [-0.39, 0.29) is 5.91 Å². The number of carbonyl (C=O) groups excluding carboxylic acids is 1. The molecule has 3 N–H and O–H groups in total. The fourth-order valence-electron chi connectivity index (χ4n) is 4.89. The summed E-state index contributed by atoms with van der Waals surface area (Å²) < 4.78 is 5.97. The second-order valence-corrected chi connectivity index (χ2v) is 7.89. The number of aliphatic imine (C=N–C) groups is 1. The van der Waals surface area contributed by atoms with E-state index in [4.69, 9.17) is 15.5 Å². The second-order valence-electron chi connectivity index (χ2n) is 7.89. The van der Waals surface area contributed by atoms with Gasteiger partial charge in [-0.1, -0.05) is 6.42 Å². The predicted molar refractivity (Wildman–Crippen MR) is 99.3 cm³/mol. The molecule has 2 aliphatic carbocycles. The normalized spacial score (nSPS) is 31.4. The Labute approximate surface area is 151 Å². The maximum Gasteiger partial charge on any atom is 0.217 e. The van der Waals surface area contributed by atoms with E-state index in [0.29, 0.717) is 29.9 Å². The molecule has 25 heavy (non-hydrogen) atoms. The third-order valence-electron chi connectivity index (χ3n) is 6.36. The van der Waals surface area contributed by atoms with Crippen molar-refractivity contribution in [2.24, 2.45) is 22.1 Å². The number of amides is 1. The van der Waals surface area contributed by atoms with Gasteiger partial charge in [0, 0.05) is 44.1 Å². The van der Waals surface area contributed by atoms with E-state index in [1.54, 1.807) is 0 Å². The van der Waals surface area contributed by atoms with Crippen LogP contribution in [0, 0.1) is 11.3 Å². The van der Waals surface area contributed by atoms with Gasteiger partial charge < -0.3 is 20.7 Å². The Morgan fingerprint density at radius 1 is 1.36 bits per heavy atom. The van der Waals surface area contributed by atoms with Gasteiger partial charge in [0.05, 0.1) is 6.10 Å². The molecule has 0 aromatic rings. The van der Waals surface area contributed by atoms with Crippen molar-refractivity contribution in [3.8, 4) is 0 Å². The molecule has 2 saturated carbocycles. The third kappa shape index (κ3) is 3.78. The van der Waals surface area contributed by atoms with Crippen LogP contribution in [0.3, 0.4) is 0 Å². The molecule has 6 nitrogen and oxygen atoms in total. The number of piperidine rings is 1. The van der Waals surface area contributed by atoms with Gasteiger partial charge in [-0.15, -0.1) is 0 Å². The molecule has 0 bridgehead atoms. The van der Waals surface area contributed by atoms with Gasteiger partial charge >= 0.3 is 0 Å². The second kappa shape index (κ2) is 7.94. The van der Waals surface area contributed by atoms with Gasteiger partial charge in [-0.2, -0.15) is 0 Å². The Balaban J connectivity index is 1.62. The Bertz CT molecular complexity index is 504. The number of carbonyl (C=O) groups is 1. The Morgan fingerprint density at radius 2 is 2.16 bits per heavy atom. The minimum Gasteiger partial charge on any atom is -0.378 e. The van der Waals surface area contributed by atoms with Crippen LogP contribution in [-0.2, 0) is 9.53 Å². The van der Waals surface area contributed by atoms with E-state index in [2.05, 4.69) is 24.1 Å². The van der Waals surface area contributed by atoms with Crippen LogP contribution in [-0.4, -0.2) is 55.2 Å². The molecule has 6 heteroatoms. The topological polar surface area (TPSA) is 80.0 Å². The monoisotopic (exact) mass is 350 g/mol. The summed E-state index contributed by atoms with van der Waals surface area (Å²) in [5, 5.41) is 3.76. The molecule has 1 amide bonds. The highest BCUT2D eigenvalue weighted by Gasteiger charge is 2.59. The summed E-state index contributed by atoms with van der Waals surface area (Å²) in [5.41, 5.74) is 5.73. The minimum atomic E-state index is -0.194. The largest absolute Gasteiger partial charge is 0.378 e. The Hall–Kier alpha value is -1.30. The van der Waals surface area contributed by atoms with Gasteiger partial charge in [0.15, 0.2) is 5.96 Å². The predicted octanol–water partition coefficient (Wildman–Crippen LogP) is 1.89. The maximum atomic E-state index is 11.3. The lowest BCUT2D eigenvalue weighted by atomic mass is 9.51. The first-order valence-corrected chi connectivity index (χ1v) is 10.0. The zero-order valence-corrected chi connectivity index (χ0v) is 15.8. The zero-order valence-electron chi connectivity index (χ0n) is 15.8. The summed E-state index contributed by atoms with van der Waals surface area (Å²) in [6.07, 6.45) is 7.99. The SMILES string of the molecule is CCN=C(NC1CC(OCC)C12CCC2)N1CCCC(CC(N)=O)C1. The first-order chi connectivity index (χ1) is 12.1. The van der Waals surface area contributed by atoms with E-state index in [1.807, 2.05) is 0 Å². The smallest absolute Gasteiger partial charge is 0.217 e. The molecule has 3 aliphatic rings. The van der Waals surface area contributed by atoms with Crippen molar-refractivity contribution >= 4 is 11.9 Å². The molecule has 1 aliphatic heterocycles. The zero-order chi connectivity index (χ0) is 17.9. The molecule has 142 valence electrons. The Kier molecular flexibility index (Phi) is 5.87. The lowest BCUT2D eigenvalue weighted by Gasteiger charge is -2.61. The van der Waals surface area contributed by atoms with E-state index in [1.165, 1.54) is 19.3 Å². The molecule has 1 saturated heterocycles. The standard InChI is InChI=1S/C19H34N4O2/c1-3-21-18(23-10-5-7-14(13-23)11-17(20)24)22-15-12-16(25-4-2)19(15)8-6-9-19/h14-16H,3-13H2,1-2H3,(H2,20,24)(H,21,22). The van der Waals surface area contributed by atoms with Crippen LogP contribution in [0.25, 0.3) is 0 Å². The van der Waals surface area contributed by atoms with Gasteiger partial charge in [0.1, 0.15) is 0 Å². The molecule has 3 unspecified atom stereocenters. The maximum absolute atomic E-state index is 11.3. The summed E-state index contributed by atoms with van der Waals surface area (Å²) in [4.78, 5) is 18.4. The molecule has 0 radical (unpaired) electrons. The van der Waals surface area contributed by atoms with Crippen molar-refractivity contribution in [2.45, 2.75) is 70.9 Å². The highest BCUT2D eigenvalue weighted by molar-refractivity contribution is 5.81. The summed E-state index contributed by atoms with van der Waals surface area (Å²) in [5.74, 6) is 1.17. The summed E-state index contributed by atoms with van der Waals surface area (Å²) in [6, 6.07) is 0.472. The highest BCUT2D eigenvalue weighted by atomic mass is 16.5. The number of rotatable bonds is 6. The van der Waals surface area contributed by atoms with Crippen LogP contribution in [0.2, 0.25) is 0 Å². The number of nitrogens with zero attached hydrogens (tertiary/aromatic N) is 2. The average molecular weight is 351 g/mol. The molecular weight excluding hydrogens is 316 g/mol. The molecule has 3 rings (SSSR count). The highest BCUT2D eigenvalue weighted by Crippen LogP contribution is 2.57. The van der Waals surface area contributed by atoms with Crippen LogP contribution >= 0.6 is 0 Å². The number of nitrogens with two attached hydrogens (primary N) is 1. The van der Waals surface area contributed by atoms with Crippen LogP contribution < -0.4 is 11.1 Å². The van der Waals surface area contributed by atoms with Crippen LogP contribution in [0.15, 0.2) is 4.99 Å². The quantitative estimate of drug-likeness (QED) is 0.566. The summed E-state index contributed by atoms with van der Waals surface area (Å²) in [6.45, 7) is 7.63.